The van der Waals surface area contributed by atoms with E-state index in [0.717, 1.165) is 5.56 Å². The van der Waals surface area contributed by atoms with Gasteiger partial charge >= 0.3 is 0 Å². The summed E-state index contributed by atoms with van der Waals surface area (Å²) in [5, 5.41) is 11.8. The van der Waals surface area contributed by atoms with Crippen molar-refractivity contribution in [1.82, 2.24) is 10.3 Å². The third-order valence-corrected chi connectivity index (χ3v) is 2.42. The van der Waals surface area contributed by atoms with E-state index in [0.29, 0.717) is 18.0 Å². The van der Waals surface area contributed by atoms with E-state index in [2.05, 4.69) is 10.3 Å². The number of aromatic nitrogens is 1. The van der Waals surface area contributed by atoms with E-state index in [9.17, 15) is 9.90 Å². The molecule has 5 nitrogen and oxygen atoms in total. The molecule has 0 unspecified atom stereocenters. The zero-order valence-corrected chi connectivity index (χ0v) is 10.0. The Balaban J connectivity index is 2.42. The summed E-state index contributed by atoms with van der Waals surface area (Å²) in [5.41, 5.74) is 1.43. The van der Waals surface area contributed by atoms with Crippen molar-refractivity contribution in [3.05, 3.63) is 41.9 Å². The Bertz CT molecular complexity index is 535. The van der Waals surface area contributed by atoms with Gasteiger partial charge in [-0.1, -0.05) is 0 Å². The van der Waals surface area contributed by atoms with Gasteiger partial charge in [-0.05, 0) is 31.2 Å². The molecule has 0 aliphatic rings. The first-order valence-electron chi connectivity index (χ1n) is 5.68. The Morgan fingerprint density at radius 1 is 1.50 bits per heavy atom. The monoisotopic (exact) mass is 246 g/mol. The minimum Gasteiger partial charge on any atom is -0.464 e. The van der Waals surface area contributed by atoms with Crippen molar-refractivity contribution in [2.75, 3.05) is 6.54 Å². The summed E-state index contributed by atoms with van der Waals surface area (Å²) >= 11 is 0. The molecule has 2 heterocycles. The highest BCUT2D eigenvalue weighted by Gasteiger charge is 2.11. The summed E-state index contributed by atoms with van der Waals surface area (Å²) in [7, 11) is 0. The van der Waals surface area contributed by atoms with E-state index in [1.165, 1.54) is 0 Å². The second kappa shape index (κ2) is 5.46. The molecule has 0 bridgehead atoms. The molecule has 0 aliphatic carbocycles. The highest BCUT2D eigenvalue weighted by Crippen LogP contribution is 2.21. The molecule has 2 aromatic rings. The van der Waals surface area contributed by atoms with Crippen LogP contribution in [0.5, 0.6) is 0 Å². The molecule has 94 valence electrons. The van der Waals surface area contributed by atoms with E-state index in [-0.39, 0.29) is 18.2 Å². The molecule has 0 spiro atoms. The number of furan rings is 1. The maximum Gasteiger partial charge on any atom is 0.269 e. The fourth-order valence-electron chi connectivity index (χ4n) is 1.62. The molecule has 18 heavy (non-hydrogen) atoms. The van der Waals surface area contributed by atoms with Crippen LogP contribution in [-0.4, -0.2) is 22.5 Å². The number of aliphatic hydroxyl groups is 1. The van der Waals surface area contributed by atoms with Gasteiger partial charge in [0.25, 0.3) is 5.91 Å². The normalized spacial score (nSPS) is 10.3. The molecule has 0 radical (unpaired) electrons. The number of hydrogen-bond donors (Lipinski definition) is 2. The SMILES string of the molecule is CCNC(=O)c1cc(-c2ccco2)cc(CO)n1. The molecule has 2 N–H and O–H groups in total. The number of aliphatic hydroxyl groups excluding tert-OH is 1. The zero-order valence-electron chi connectivity index (χ0n) is 10.0. The Morgan fingerprint density at radius 2 is 2.33 bits per heavy atom. The topological polar surface area (TPSA) is 75.4 Å². The van der Waals surface area contributed by atoms with Crippen LogP contribution in [0, 0.1) is 0 Å². The van der Waals surface area contributed by atoms with Crippen molar-refractivity contribution in [2.45, 2.75) is 13.5 Å². The highest BCUT2D eigenvalue weighted by atomic mass is 16.3. The third-order valence-electron chi connectivity index (χ3n) is 2.42. The number of carbonyl (C=O) groups is 1. The lowest BCUT2D eigenvalue weighted by Crippen LogP contribution is -2.24. The summed E-state index contributed by atoms with van der Waals surface area (Å²) in [6.45, 7) is 2.14. The lowest BCUT2D eigenvalue weighted by atomic mass is 10.1. The second-order valence-electron chi connectivity index (χ2n) is 3.73. The van der Waals surface area contributed by atoms with Gasteiger partial charge in [0.15, 0.2) is 0 Å². The van der Waals surface area contributed by atoms with E-state index in [4.69, 9.17) is 4.42 Å². The van der Waals surface area contributed by atoms with Crippen LogP contribution in [0.25, 0.3) is 11.3 Å². The third kappa shape index (κ3) is 2.57. The molecule has 0 aromatic carbocycles. The first kappa shape index (κ1) is 12.3. The number of nitrogens with one attached hydrogen (secondary N) is 1. The molecule has 2 rings (SSSR count). The van der Waals surface area contributed by atoms with Gasteiger partial charge in [0.1, 0.15) is 11.5 Å². The fraction of sp³-hybridized carbons (Fsp3) is 0.231. The van der Waals surface area contributed by atoms with Crippen LogP contribution in [-0.2, 0) is 6.61 Å². The van der Waals surface area contributed by atoms with Gasteiger partial charge in [0.05, 0.1) is 18.6 Å². The van der Waals surface area contributed by atoms with Crippen molar-refractivity contribution < 1.29 is 14.3 Å². The maximum atomic E-state index is 11.7. The van der Waals surface area contributed by atoms with Gasteiger partial charge in [-0.15, -0.1) is 0 Å². The molecular weight excluding hydrogens is 232 g/mol. The Morgan fingerprint density at radius 3 is 2.94 bits per heavy atom. The van der Waals surface area contributed by atoms with Crippen LogP contribution in [0.3, 0.4) is 0 Å². The van der Waals surface area contributed by atoms with Gasteiger partial charge < -0.3 is 14.8 Å². The lowest BCUT2D eigenvalue weighted by molar-refractivity contribution is 0.0950. The highest BCUT2D eigenvalue weighted by molar-refractivity contribution is 5.93. The predicted molar refractivity (Wildman–Crippen MR) is 65.9 cm³/mol. The standard InChI is InChI=1S/C13H14N2O3/c1-2-14-13(17)11-7-9(6-10(8-16)15-11)12-4-3-5-18-12/h3-7,16H,2,8H2,1H3,(H,14,17). The minimum atomic E-state index is -0.263. The van der Waals surface area contributed by atoms with Crippen LogP contribution in [0.1, 0.15) is 23.1 Å². The second-order valence-corrected chi connectivity index (χ2v) is 3.73. The van der Waals surface area contributed by atoms with Gasteiger partial charge in [-0.2, -0.15) is 0 Å². The smallest absolute Gasteiger partial charge is 0.269 e. The Labute approximate surface area is 104 Å². The van der Waals surface area contributed by atoms with Gasteiger partial charge in [-0.25, -0.2) is 4.98 Å². The first-order chi connectivity index (χ1) is 8.74. The van der Waals surface area contributed by atoms with E-state index in [1.54, 1.807) is 30.5 Å². The summed E-state index contributed by atoms with van der Waals surface area (Å²) < 4.78 is 5.27. The predicted octanol–water partition coefficient (Wildman–Crippen LogP) is 1.58. The van der Waals surface area contributed by atoms with Gasteiger partial charge in [-0.3, -0.25) is 4.79 Å². The first-order valence-corrected chi connectivity index (χ1v) is 5.68. The molecule has 0 fully saturated rings. The van der Waals surface area contributed by atoms with E-state index >= 15 is 0 Å². The molecule has 0 atom stereocenters. The Kier molecular flexibility index (Phi) is 3.74. The quantitative estimate of drug-likeness (QED) is 0.858. The van der Waals surface area contributed by atoms with Crippen molar-refractivity contribution >= 4 is 5.91 Å². The van der Waals surface area contributed by atoms with Crippen LogP contribution in [0.2, 0.25) is 0 Å². The molecule has 2 aromatic heterocycles. The molecule has 0 saturated heterocycles. The van der Waals surface area contributed by atoms with Crippen LogP contribution >= 0.6 is 0 Å². The van der Waals surface area contributed by atoms with E-state index in [1.807, 2.05) is 6.92 Å². The lowest BCUT2D eigenvalue weighted by Gasteiger charge is -2.06. The number of rotatable bonds is 4. The van der Waals surface area contributed by atoms with Crippen LogP contribution in [0.15, 0.2) is 34.9 Å². The molecule has 5 heteroatoms. The molecule has 0 saturated carbocycles. The number of amides is 1. The summed E-state index contributed by atoms with van der Waals surface area (Å²) in [4.78, 5) is 15.8. The average Bonchev–Trinajstić information content (AvgIpc) is 2.92. The summed E-state index contributed by atoms with van der Waals surface area (Å²) in [6, 6.07) is 6.89. The van der Waals surface area contributed by atoms with Crippen LogP contribution < -0.4 is 5.32 Å². The molecule has 1 amide bonds. The number of carbonyl (C=O) groups excluding carboxylic acids is 1. The van der Waals surface area contributed by atoms with Crippen LogP contribution in [0.4, 0.5) is 0 Å². The minimum absolute atomic E-state index is 0.221. The summed E-state index contributed by atoms with van der Waals surface area (Å²) in [5.74, 6) is 0.373. The zero-order chi connectivity index (χ0) is 13.0. The largest absolute Gasteiger partial charge is 0.464 e. The van der Waals surface area contributed by atoms with Crippen molar-refractivity contribution in [1.29, 1.82) is 0 Å². The van der Waals surface area contributed by atoms with Crippen molar-refractivity contribution in [3.8, 4) is 11.3 Å². The number of nitrogens with zero attached hydrogens (tertiary/aromatic N) is 1. The van der Waals surface area contributed by atoms with Crippen molar-refractivity contribution in [2.24, 2.45) is 0 Å². The average molecular weight is 246 g/mol. The number of hydrogen-bond acceptors (Lipinski definition) is 4. The Hall–Kier alpha value is -2.14. The fourth-order valence-corrected chi connectivity index (χ4v) is 1.62. The van der Waals surface area contributed by atoms with Gasteiger partial charge in [0, 0.05) is 12.1 Å². The van der Waals surface area contributed by atoms with E-state index < -0.39 is 0 Å². The number of pyridine rings is 1. The van der Waals surface area contributed by atoms with Crippen molar-refractivity contribution in [3.63, 3.8) is 0 Å². The molecule has 0 aliphatic heterocycles. The summed E-state index contributed by atoms with van der Waals surface area (Å²) in [6.07, 6.45) is 1.56. The maximum absolute atomic E-state index is 11.7. The molecular formula is C13H14N2O3. The van der Waals surface area contributed by atoms with Gasteiger partial charge in [0.2, 0.25) is 0 Å².